The molecule has 0 spiro atoms. The fourth-order valence-corrected chi connectivity index (χ4v) is 4.10. The van der Waals surface area contributed by atoms with E-state index >= 15 is 0 Å². The van der Waals surface area contributed by atoms with E-state index < -0.39 is 10.0 Å². The van der Waals surface area contributed by atoms with Crippen LogP contribution in [0.1, 0.15) is 26.2 Å². The van der Waals surface area contributed by atoms with Crippen LogP contribution in [0, 0.1) is 0 Å². The molecule has 2 heterocycles. The van der Waals surface area contributed by atoms with Crippen molar-refractivity contribution >= 4 is 15.8 Å². The normalized spacial score (nSPS) is 21.1. The summed E-state index contributed by atoms with van der Waals surface area (Å²) in [5.74, 6) is 5.60. The number of nitrogen functional groups attached to an aromatic ring is 1. The van der Waals surface area contributed by atoms with E-state index in [0.717, 1.165) is 19.3 Å². The Bertz CT molecular complexity index is 518. The number of nitrogens with one attached hydrogen (secondary N) is 1. The molecule has 0 aliphatic carbocycles. The molecule has 2 rings (SSSR count). The predicted molar refractivity (Wildman–Crippen MR) is 69.3 cm³/mol. The summed E-state index contributed by atoms with van der Waals surface area (Å²) in [6, 6.07) is 3.07. The molecule has 18 heavy (non-hydrogen) atoms. The second kappa shape index (κ2) is 5.21. The van der Waals surface area contributed by atoms with Crippen molar-refractivity contribution in [3.8, 4) is 0 Å². The zero-order valence-electron chi connectivity index (χ0n) is 10.3. The minimum Gasteiger partial charge on any atom is -0.308 e. The summed E-state index contributed by atoms with van der Waals surface area (Å²) < 4.78 is 26.6. The second-order valence-corrected chi connectivity index (χ2v) is 6.23. The highest BCUT2D eigenvalue weighted by atomic mass is 32.2. The molecule has 1 aromatic heterocycles. The summed E-state index contributed by atoms with van der Waals surface area (Å²) in [7, 11) is -3.43. The molecule has 0 aromatic carbocycles. The maximum Gasteiger partial charge on any atom is 0.243 e. The molecule has 1 aliphatic heterocycles. The number of aromatic nitrogens is 1. The highest BCUT2D eigenvalue weighted by molar-refractivity contribution is 7.89. The third kappa shape index (κ3) is 2.33. The zero-order valence-corrected chi connectivity index (χ0v) is 11.2. The van der Waals surface area contributed by atoms with Crippen LogP contribution in [0.25, 0.3) is 0 Å². The average molecular weight is 270 g/mol. The van der Waals surface area contributed by atoms with Gasteiger partial charge in [0.05, 0.1) is 4.90 Å². The lowest BCUT2D eigenvalue weighted by molar-refractivity contribution is 0.379. The number of nitrogens with two attached hydrogens (primary N) is 1. The molecular weight excluding hydrogens is 252 g/mol. The summed E-state index contributed by atoms with van der Waals surface area (Å²) in [6.07, 6.45) is 4.14. The SMILES string of the molecule is CCC1CCCN1S(=O)(=O)c1ccnc(NN)c1. The van der Waals surface area contributed by atoms with Gasteiger partial charge in [0.25, 0.3) is 0 Å². The van der Waals surface area contributed by atoms with Crippen LogP contribution in [0.4, 0.5) is 5.82 Å². The second-order valence-electron chi connectivity index (χ2n) is 4.34. The van der Waals surface area contributed by atoms with Gasteiger partial charge in [-0.25, -0.2) is 19.2 Å². The van der Waals surface area contributed by atoms with Crippen LogP contribution in [0.15, 0.2) is 23.2 Å². The van der Waals surface area contributed by atoms with Crippen molar-refractivity contribution < 1.29 is 8.42 Å². The Labute approximate surface area is 107 Å². The van der Waals surface area contributed by atoms with Crippen LogP contribution >= 0.6 is 0 Å². The molecule has 100 valence electrons. The summed E-state index contributed by atoms with van der Waals surface area (Å²) in [5.41, 5.74) is 2.36. The maximum atomic E-state index is 12.5. The number of hydrogen-bond acceptors (Lipinski definition) is 5. The molecule has 1 unspecified atom stereocenters. The number of rotatable bonds is 4. The Hall–Kier alpha value is -1.18. The summed E-state index contributed by atoms with van der Waals surface area (Å²) >= 11 is 0. The number of pyridine rings is 1. The number of hydrogen-bond donors (Lipinski definition) is 2. The highest BCUT2D eigenvalue weighted by Crippen LogP contribution is 2.28. The van der Waals surface area contributed by atoms with Gasteiger partial charge in [0.2, 0.25) is 10.0 Å². The Morgan fingerprint density at radius 1 is 1.61 bits per heavy atom. The monoisotopic (exact) mass is 270 g/mol. The van der Waals surface area contributed by atoms with Crippen LogP contribution in [0.3, 0.4) is 0 Å². The molecule has 1 fully saturated rings. The summed E-state index contributed by atoms with van der Waals surface area (Å²) in [5, 5.41) is 0. The van der Waals surface area contributed by atoms with Gasteiger partial charge in [-0.15, -0.1) is 0 Å². The quantitative estimate of drug-likeness (QED) is 0.627. The van der Waals surface area contributed by atoms with Crippen molar-refractivity contribution in [2.24, 2.45) is 5.84 Å². The minimum absolute atomic E-state index is 0.109. The van der Waals surface area contributed by atoms with E-state index in [1.54, 1.807) is 4.31 Å². The first-order valence-corrected chi connectivity index (χ1v) is 7.48. The van der Waals surface area contributed by atoms with E-state index in [1.165, 1.54) is 18.3 Å². The van der Waals surface area contributed by atoms with Crippen molar-refractivity contribution in [2.45, 2.75) is 37.1 Å². The Morgan fingerprint density at radius 3 is 3.06 bits per heavy atom. The van der Waals surface area contributed by atoms with Crippen molar-refractivity contribution in [2.75, 3.05) is 12.0 Å². The van der Waals surface area contributed by atoms with Crippen molar-refractivity contribution in [3.63, 3.8) is 0 Å². The van der Waals surface area contributed by atoms with Gasteiger partial charge in [0.1, 0.15) is 5.82 Å². The Balaban J connectivity index is 2.35. The third-order valence-electron chi connectivity index (χ3n) is 3.28. The number of hydrazine groups is 1. The van der Waals surface area contributed by atoms with Gasteiger partial charge in [0, 0.05) is 24.8 Å². The van der Waals surface area contributed by atoms with E-state index in [9.17, 15) is 8.42 Å². The van der Waals surface area contributed by atoms with Gasteiger partial charge in [-0.3, -0.25) is 0 Å². The summed E-state index contributed by atoms with van der Waals surface area (Å²) in [6.45, 7) is 2.60. The minimum atomic E-state index is -3.43. The molecule has 3 N–H and O–H groups in total. The number of anilines is 1. The molecule has 1 aromatic rings. The van der Waals surface area contributed by atoms with Crippen molar-refractivity contribution in [1.29, 1.82) is 0 Å². The zero-order chi connectivity index (χ0) is 13.2. The molecule has 7 heteroatoms. The lowest BCUT2D eigenvalue weighted by atomic mass is 10.2. The van der Waals surface area contributed by atoms with Gasteiger partial charge in [-0.05, 0) is 25.3 Å². The first-order chi connectivity index (χ1) is 8.59. The van der Waals surface area contributed by atoms with Crippen molar-refractivity contribution in [3.05, 3.63) is 18.3 Å². The van der Waals surface area contributed by atoms with E-state index in [4.69, 9.17) is 5.84 Å². The first-order valence-electron chi connectivity index (χ1n) is 6.04. The van der Waals surface area contributed by atoms with Crippen LogP contribution in [-0.2, 0) is 10.0 Å². The number of nitrogens with zero attached hydrogens (tertiary/aromatic N) is 2. The van der Waals surface area contributed by atoms with Gasteiger partial charge < -0.3 is 5.43 Å². The van der Waals surface area contributed by atoms with E-state index in [2.05, 4.69) is 10.4 Å². The van der Waals surface area contributed by atoms with E-state index in [0.29, 0.717) is 12.4 Å². The lowest BCUT2D eigenvalue weighted by Crippen LogP contribution is -2.35. The molecule has 1 atom stereocenters. The van der Waals surface area contributed by atoms with E-state index in [-0.39, 0.29) is 10.9 Å². The van der Waals surface area contributed by atoms with Crippen molar-refractivity contribution in [1.82, 2.24) is 9.29 Å². The molecule has 0 amide bonds. The van der Waals surface area contributed by atoms with Gasteiger partial charge in [-0.2, -0.15) is 4.31 Å². The largest absolute Gasteiger partial charge is 0.308 e. The highest BCUT2D eigenvalue weighted by Gasteiger charge is 2.34. The first kappa shape index (κ1) is 13.3. The standard InChI is InChI=1S/C11H18N4O2S/c1-2-9-4-3-7-15(9)18(16,17)10-5-6-13-11(8-10)14-12/h5-6,8-9H,2-4,7,12H2,1H3,(H,13,14). The molecule has 1 aliphatic rings. The maximum absolute atomic E-state index is 12.5. The lowest BCUT2D eigenvalue weighted by Gasteiger charge is -2.23. The Kier molecular flexibility index (Phi) is 3.84. The molecule has 0 saturated carbocycles. The molecule has 0 bridgehead atoms. The van der Waals surface area contributed by atoms with Crippen LogP contribution in [-0.4, -0.2) is 30.3 Å². The average Bonchev–Trinajstić information content (AvgIpc) is 2.88. The third-order valence-corrected chi connectivity index (χ3v) is 5.23. The smallest absolute Gasteiger partial charge is 0.243 e. The van der Waals surface area contributed by atoms with Crippen LogP contribution in [0.5, 0.6) is 0 Å². The molecule has 6 nitrogen and oxygen atoms in total. The number of sulfonamides is 1. The summed E-state index contributed by atoms with van der Waals surface area (Å²) in [4.78, 5) is 4.16. The van der Waals surface area contributed by atoms with Gasteiger partial charge in [0.15, 0.2) is 0 Å². The fraction of sp³-hybridized carbons (Fsp3) is 0.545. The fourth-order valence-electron chi connectivity index (χ4n) is 2.32. The molecule has 1 saturated heterocycles. The molecular formula is C11H18N4O2S. The van der Waals surface area contributed by atoms with E-state index in [1.807, 2.05) is 6.92 Å². The van der Waals surface area contributed by atoms with Crippen LogP contribution < -0.4 is 11.3 Å². The Morgan fingerprint density at radius 2 is 2.39 bits per heavy atom. The molecule has 0 radical (unpaired) electrons. The van der Waals surface area contributed by atoms with Gasteiger partial charge >= 0.3 is 0 Å². The predicted octanol–water partition coefficient (Wildman–Crippen LogP) is 0.930. The van der Waals surface area contributed by atoms with Crippen LogP contribution in [0.2, 0.25) is 0 Å². The van der Waals surface area contributed by atoms with Gasteiger partial charge in [-0.1, -0.05) is 6.92 Å². The topological polar surface area (TPSA) is 88.3 Å².